The lowest BCUT2D eigenvalue weighted by atomic mass is 9.97. The zero-order valence-electron chi connectivity index (χ0n) is 22.4. The number of tetrazole rings is 1. The molecule has 3 aromatic carbocycles. The molecule has 4 rings (SSSR count). The predicted octanol–water partition coefficient (Wildman–Crippen LogP) is 6.31. The van der Waals surface area contributed by atoms with E-state index in [1.54, 1.807) is 6.07 Å². The van der Waals surface area contributed by atoms with Gasteiger partial charge in [-0.15, -0.1) is 5.10 Å². The Bertz CT molecular complexity index is 1470. The first kappa shape index (κ1) is 27.3. The molecule has 9 nitrogen and oxygen atoms in total. The molecule has 1 aromatic heterocycles. The largest absolute Gasteiger partial charge is 0.369 e. The highest BCUT2D eigenvalue weighted by molar-refractivity contribution is 6.02. The highest BCUT2D eigenvalue weighted by Gasteiger charge is 2.19. The number of rotatable bonds is 9. The van der Waals surface area contributed by atoms with Gasteiger partial charge in [0, 0.05) is 24.3 Å². The molecule has 200 valence electrons. The first-order valence-electron chi connectivity index (χ1n) is 12.7. The molecule has 0 saturated heterocycles. The van der Waals surface area contributed by atoms with Gasteiger partial charge in [0.1, 0.15) is 11.9 Å². The number of hydrogen-bond donors (Lipinski definition) is 3. The lowest BCUT2D eigenvalue weighted by Gasteiger charge is -2.31. The third-order valence-electron chi connectivity index (χ3n) is 5.94. The number of aromatic amines is 1. The molecule has 4 aromatic rings. The molecule has 0 spiro atoms. The van der Waals surface area contributed by atoms with Gasteiger partial charge in [-0.2, -0.15) is 5.26 Å². The number of urea groups is 1. The minimum Gasteiger partial charge on any atom is -0.369 e. The molecule has 0 aliphatic rings. The van der Waals surface area contributed by atoms with Crippen molar-refractivity contribution in [1.82, 2.24) is 20.6 Å². The van der Waals surface area contributed by atoms with Crippen molar-refractivity contribution < 1.29 is 9.18 Å². The molecule has 39 heavy (non-hydrogen) atoms. The average molecular weight is 527 g/mol. The number of nitrogens with zero attached hydrogens (tertiary/aromatic N) is 5. The minimum absolute atomic E-state index is 0.144. The van der Waals surface area contributed by atoms with Crippen molar-refractivity contribution in [3.05, 3.63) is 72.0 Å². The Balaban J connectivity index is 1.74. The summed E-state index contributed by atoms with van der Waals surface area (Å²) < 4.78 is 13.8. The number of anilines is 3. The Labute approximate surface area is 227 Å². The first-order chi connectivity index (χ1) is 18.7. The molecule has 0 aliphatic carbocycles. The predicted molar refractivity (Wildman–Crippen MR) is 151 cm³/mol. The van der Waals surface area contributed by atoms with E-state index in [1.165, 1.54) is 12.1 Å². The van der Waals surface area contributed by atoms with E-state index in [2.05, 4.69) is 63.9 Å². The number of nitrogens with one attached hydrogen (secondary N) is 3. The van der Waals surface area contributed by atoms with E-state index in [9.17, 15) is 9.18 Å². The van der Waals surface area contributed by atoms with Crippen molar-refractivity contribution in [2.75, 3.05) is 28.6 Å². The zero-order chi connectivity index (χ0) is 27.9. The van der Waals surface area contributed by atoms with Crippen LogP contribution in [0.25, 0.3) is 22.5 Å². The van der Waals surface area contributed by atoms with E-state index >= 15 is 0 Å². The topological polar surface area (TPSA) is 123 Å². The summed E-state index contributed by atoms with van der Waals surface area (Å²) in [6, 6.07) is 18.9. The molecule has 3 N–H and O–H groups in total. The monoisotopic (exact) mass is 526 g/mol. The van der Waals surface area contributed by atoms with Crippen LogP contribution in [0.4, 0.5) is 26.2 Å². The second-order valence-electron chi connectivity index (χ2n) is 10.1. The van der Waals surface area contributed by atoms with E-state index in [0.29, 0.717) is 29.0 Å². The van der Waals surface area contributed by atoms with Crippen LogP contribution >= 0.6 is 0 Å². The zero-order valence-corrected chi connectivity index (χ0v) is 22.4. The number of benzene rings is 3. The van der Waals surface area contributed by atoms with Crippen LogP contribution in [0.3, 0.4) is 0 Å². The maximum Gasteiger partial charge on any atom is 0.323 e. The number of nitriles is 1. The maximum absolute atomic E-state index is 13.8. The summed E-state index contributed by atoms with van der Waals surface area (Å²) in [6.07, 6.45) is 0. The molecule has 0 radical (unpaired) electrons. The maximum atomic E-state index is 13.8. The van der Waals surface area contributed by atoms with Crippen LogP contribution < -0.4 is 15.5 Å². The molecular weight excluding hydrogens is 495 g/mol. The van der Waals surface area contributed by atoms with Crippen molar-refractivity contribution in [2.24, 2.45) is 11.8 Å². The standard InChI is InChI=1S/C29H31FN8O/c1-18(2)16-38(17-19(3)4)27-12-9-20(23-7-5-6-8-24(23)28-34-36-37-35-28)14-26(27)33-29(39)32-22-10-11-25(30)21(13-22)15-31/h5-14,18-19H,16-17H2,1-4H3,(H2,32,33,39)(H,34,35,36,37). The van der Waals surface area contributed by atoms with Crippen LogP contribution in [-0.4, -0.2) is 39.7 Å². The number of halogens is 1. The average Bonchev–Trinajstić information content (AvgIpc) is 3.44. The Morgan fingerprint density at radius 1 is 1.00 bits per heavy atom. The molecular formula is C29H31FN8O. The van der Waals surface area contributed by atoms with Crippen molar-refractivity contribution in [3.8, 4) is 28.6 Å². The van der Waals surface area contributed by atoms with Crippen molar-refractivity contribution in [1.29, 1.82) is 5.26 Å². The quantitative estimate of drug-likeness (QED) is 0.235. The lowest BCUT2D eigenvalue weighted by molar-refractivity contribution is 0.262. The Hall–Kier alpha value is -4.78. The second kappa shape index (κ2) is 12.2. The van der Waals surface area contributed by atoms with Gasteiger partial charge in [0.15, 0.2) is 5.82 Å². The van der Waals surface area contributed by atoms with Crippen LogP contribution in [0.15, 0.2) is 60.7 Å². The normalized spacial score (nSPS) is 10.9. The molecule has 0 fully saturated rings. The van der Waals surface area contributed by atoms with Crippen LogP contribution in [0.5, 0.6) is 0 Å². The Morgan fingerprint density at radius 3 is 2.36 bits per heavy atom. The number of amides is 2. The molecule has 0 unspecified atom stereocenters. The molecule has 2 amide bonds. The van der Waals surface area contributed by atoms with Crippen LogP contribution in [-0.2, 0) is 0 Å². The summed E-state index contributed by atoms with van der Waals surface area (Å²) in [5.41, 5.74) is 4.24. The summed E-state index contributed by atoms with van der Waals surface area (Å²) in [6.45, 7) is 10.2. The number of carbonyl (C=O) groups is 1. The number of carbonyl (C=O) groups excluding carboxylic acids is 1. The molecule has 0 aliphatic heterocycles. The fraction of sp³-hybridized carbons (Fsp3) is 0.276. The summed E-state index contributed by atoms with van der Waals surface area (Å²) in [4.78, 5) is 15.4. The van der Waals surface area contributed by atoms with E-state index < -0.39 is 11.8 Å². The van der Waals surface area contributed by atoms with Crippen molar-refractivity contribution in [3.63, 3.8) is 0 Å². The number of aromatic nitrogens is 4. The van der Waals surface area contributed by atoms with Crippen molar-refractivity contribution >= 4 is 23.1 Å². The summed E-state index contributed by atoms with van der Waals surface area (Å²) >= 11 is 0. The molecule has 10 heteroatoms. The van der Waals surface area contributed by atoms with Gasteiger partial charge >= 0.3 is 6.03 Å². The summed E-state index contributed by atoms with van der Waals surface area (Å²) in [5, 5.41) is 29.1. The van der Waals surface area contributed by atoms with E-state index in [1.807, 2.05) is 42.5 Å². The smallest absolute Gasteiger partial charge is 0.323 e. The fourth-order valence-electron chi connectivity index (χ4n) is 4.42. The molecule has 0 bridgehead atoms. The number of hydrogen-bond acceptors (Lipinski definition) is 6. The third-order valence-corrected chi connectivity index (χ3v) is 5.94. The van der Waals surface area contributed by atoms with Crippen molar-refractivity contribution in [2.45, 2.75) is 27.7 Å². The van der Waals surface area contributed by atoms with Gasteiger partial charge in [0.25, 0.3) is 0 Å². The van der Waals surface area contributed by atoms with E-state index in [0.717, 1.165) is 41.5 Å². The molecule has 1 heterocycles. The van der Waals surface area contributed by atoms with Gasteiger partial charge < -0.3 is 15.5 Å². The molecule has 0 atom stereocenters. The summed E-state index contributed by atoms with van der Waals surface area (Å²) in [5.74, 6) is 0.687. The number of H-pyrrole nitrogens is 1. The fourth-order valence-corrected chi connectivity index (χ4v) is 4.42. The van der Waals surface area contributed by atoms with E-state index in [4.69, 9.17) is 5.26 Å². The van der Waals surface area contributed by atoms with Gasteiger partial charge in [-0.05, 0) is 63.7 Å². The van der Waals surface area contributed by atoms with Gasteiger partial charge in [-0.25, -0.2) is 14.3 Å². The Kier molecular flexibility index (Phi) is 8.51. The van der Waals surface area contributed by atoms with Crippen LogP contribution in [0.1, 0.15) is 33.3 Å². The molecule has 0 saturated carbocycles. The minimum atomic E-state index is -0.642. The van der Waals surface area contributed by atoms with Gasteiger partial charge in [0.2, 0.25) is 0 Å². The van der Waals surface area contributed by atoms with Crippen LogP contribution in [0.2, 0.25) is 0 Å². The highest BCUT2D eigenvalue weighted by Crippen LogP contribution is 2.36. The van der Waals surface area contributed by atoms with Gasteiger partial charge in [-0.3, -0.25) is 0 Å². The Morgan fingerprint density at radius 2 is 1.72 bits per heavy atom. The van der Waals surface area contributed by atoms with Gasteiger partial charge in [-0.1, -0.05) is 58.0 Å². The summed E-state index contributed by atoms with van der Waals surface area (Å²) in [7, 11) is 0. The lowest BCUT2D eigenvalue weighted by Crippen LogP contribution is -2.32. The first-order valence-corrected chi connectivity index (χ1v) is 12.7. The SMILES string of the molecule is CC(C)CN(CC(C)C)c1ccc(-c2ccccc2-c2nnn[nH]2)cc1NC(=O)Nc1ccc(F)c(C#N)c1. The highest BCUT2D eigenvalue weighted by atomic mass is 19.1. The van der Waals surface area contributed by atoms with Crippen LogP contribution in [0, 0.1) is 29.0 Å². The van der Waals surface area contributed by atoms with E-state index in [-0.39, 0.29) is 5.56 Å². The second-order valence-corrected chi connectivity index (χ2v) is 10.1. The third kappa shape index (κ3) is 6.76. The van der Waals surface area contributed by atoms with Gasteiger partial charge in [0.05, 0.1) is 16.9 Å².